The minimum Gasteiger partial charge on any atom is -0.374 e. The molecule has 20 heavy (non-hydrogen) atoms. The maximum Gasteiger partial charge on any atom is 0.325 e. The van der Waals surface area contributed by atoms with Crippen LogP contribution in [0.4, 0.5) is 0 Å². The third-order valence-electron chi connectivity index (χ3n) is 3.22. The van der Waals surface area contributed by atoms with Crippen LogP contribution in [-0.2, 0) is 4.74 Å². The number of aryl methyl sites for hydroxylation is 1. The van der Waals surface area contributed by atoms with Crippen molar-refractivity contribution >= 4 is 0 Å². The molecule has 0 radical (unpaired) electrons. The Morgan fingerprint density at radius 2 is 1.80 bits per heavy atom. The summed E-state index contributed by atoms with van der Waals surface area (Å²) in [6.45, 7) is 6.30. The lowest BCUT2D eigenvalue weighted by Gasteiger charge is -2.12. The zero-order valence-corrected chi connectivity index (χ0v) is 11.8. The van der Waals surface area contributed by atoms with Gasteiger partial charge in [0.25, 0.3) is 5.56 Å². The molecule has 1 unspecified atom stereocenters. The Hall–Kier alpha value is -2.14. The fraction of sp³-hybridized carbons (Fsp3) is 0.333. The van der Waals surface area contributed by atoms with Crippen LogP contribution in [0, 0.1) is 6.92 Å². The van der Waals surface area contributed by atoms with Crippen LogP contribution in [0.3, 0.4) is 0 Å². The molecule has 0 aliphatic carbocycles. The third kappa shape index (κ3) is 2.88. The minimum atomic E-state index is -0.488. The molecule has 2 rings (SSSR count). The van der Waals surface area contributed by atoms with Crippen molar-refractivity contribution in [1.29, 1.82) is 0 Å². The molecule has 5 heteroatoms. The SMILES string of the molecule is CCOC(C)c1ccc(-c2c(C)[nH]c(=O)[nH]c2=O)cc1. The number of ether oxygens (including phenoxy) is 1. The normalized spacial score (nSPS) is 12.3. The van der Waals surface area contributed by atoms with Crippen molar-refractivity contribution < 1.29 is 4.74 Å². The highest BCUT2D eigenvalue weighted by Crippen LogP contribution is 2.22. The van der Waals surface area contributed by atoms with E-state index < -0.39 is 5.69 Å². The first kappa shape index (κ1) is 14.3. The summed E-state index contributed by atoms with van der Waals surface area (Å²) in [5, 5.41) is 0. The van der Waals surface area contributed by atoms with Gasteiger partial charge in [0, 0.05) is 12.3 Å². The molecular weight excluding hydrogens is 256 g/mol. The first-order valence-corrected chi connectivity index (χ1v) is 6.58. The van der Waals surface area contributed by atoms with Crippen LogP contribution in [-0.4, -0.2) is 16.6 Å². The van der Waals surface area contributed by atoms with E-state index in [4.69, 9.17) is 4.74 Å². The summed E-state index contributed by atoms with van der Waals surface area (Å²) in [5.74, 6) is 0. The Bertz CT molecular complexity index is 698. The van der Waals surface area contributed by atoms with Gasteiger partial charge in [-0.2, -0.15) is 0 Å². The molecular formula is C15H18N2O3. The van der Waals surface area contributed by atoms with Gasteiger partial charge < -0.3 is 9.72 Å². The van der Waals surface area contributed by atoms with Crippen molar-refractivity contribution in [3.8, 4) is 11.1 Å². The monoisotopic (exact) mass is 274 g/mol. The van der Waals surface area contributed by atoms with Crippen molar-refractivity contribution in [2.75, 3.05) is 6.61 Å². The molecule has 2 aromatic rings. The van der Waals surface area contributed by atoms with Gasteiger partial charge in [0.15, 0.2) is 0 Å². The molecule has 0 aliphatic heterocycles. The van der Waals surface area contributed by atoms with E-state index >= 15 is 0 Å². The fourth-order valence-corrected chi connectivity index (χ4v) is 2.21. The van der Waals surface area contributed by atoms with Crippen LogP contribution in [0.1, 0.15) is 31.2 Å². The highest BCUT2D eigenvalue weighted by atomic mass is 16.5. The van der Waals surface area contributed by atoms with Crippen LogP contribution in [0.25, 0.3) is 11.1 Å². The molecule has 0 fully saturated rings. The van der Waals surface area contributed by atoms with Gasteiger partial charge in [-0.05, 0) is 31.9 Å². The van der Waals surface area contributed by atoms with Crippen LogP contribution in [0.2, 0.25) is 0 Å². The summed E-state index contributed by atoms with van der Waals surface area (Å²) in [7, 11) is 0. The highest BCUT2D eigenvalue weighted by molar-refractivity contribution is 5.64. The standard InChI is InChI=1S/C15H18N2O3/c1-4-20-10(3)11-5-7-12(8-6-11)13-9(2)16-15(19)17-14(13)18/h5-8,10H,4H2,1-3H3,(H2,16,17,18,19). The second-order valence-electron chi connectivity index (χ2n) is 4.63. The summed E-state index contributed by atoms with van der Waals surface area (Å²) in [6, 6.07) is 7.58. The van der Waals surface area contributed by atoms with E-state index in [9.17, 15) is 9.59 Å². The molecule has 0 amide bonds. The maximum atomic E-state index is 11.9. The van der Waals surface area contributed by atoms with E-state index in [0.29, 0.717) is 17.9 Å². The van der Waals surface area contributed by atoms with Crippen LogP contribution < -0.4 is 11.2 Å². The van der Waals surface area contributed by atoms with Gasteiger partial charge in [-0.1, -0.05) is 24.3 Å². The molecule has 1 atom stereocenters. The van der Waals surface area contributed by atoms with E-state index in [0.717, 1.165) is 11.1 Å². The van der Waals surface area contributed by atoms with Gasteiger partial charge in [-0.15, -0.1) is 0 Å². The third-order valence-corrected chi connectivity index (χ3v) is 3.22. The van der Waals surface area contributed by atoms with Gasteiger partial charge in [-0.3, -0.25) is 9.78 Å². The summed E-state index contributed by atoms with van der Waals surface area (Å²) in [6.07, 6.45) is 0.0176. The predicted octanol–water partition coefficient (Wildman–Crippen LogP) is 2.14. The molecule has 1 aromatic heterocycles. The average molecular weight is 274 g/mol. The molecule has 0 spiro atoms. The van der Waals surface area contributed by atoms with Gasteiger partial charge >= 0.3 is 5.69 Å². The van der Waals surface area contributed by atoms with E-state index in [-0.39, 0.29) is 11.7 Å². The van der Waals surface area contributed by atoms with E-state index in [1.807, 2.05) is 38.1 Å². The van der Waals surface area contributed by atoms with Crippen molar-refractivity contribution in [2.24, 2.45) is 0 Å². The minimum absolute atomic E-state index is 0.0176. The molecule has 0 saturated carbocycles. The van der Waals surface area contributed by atoms with Gasteiger partial charge in [0.2, 0.25) is 0 Å². The summed E-state index contributed by atoms with van der Waals surface area (Å²) in [5.41, 5.74) is 2.00. The van der Waals surface area contributed by atoms with E-state index in [1.165, 1.54) is 0 Å². The summed E-state index contributed by atoms with van der Waals surface area (Å²) >= 11 is 0. The molecule has 5 nitrogen and oxygen atoms in total. The smallest absolute Gasteiger partial charge is 0.325 e. The number of H-pyrrole nitrogens is 2. The molecule has 0 saturated heterocycles. The Labute approximate surface area is 116 Å². The van der Waals surface area contributed by atoms with Gasteiger partial charge in [-0.25, -0.2) is 4.79 Å². The molecule has 2 N–H and O–H groups in total. The summed E-state index contributed by atoms with van der Waals surface area (Å²) < 4.78 is 5.52. The average Bonchev–Trinajstić information content (AvgIpc) is 2.38. The Kier molecular flexibility index (Phi) is 4.20. The zero-order chi connectivity index (χ0) is 14.7. The number of aromatic nitrogens is 2. The Balaban J connectivity index is 2.41. The number of hydrogen-bond acceptors (Lipinski definition) is 3. The Morgan fingerprint density at radius 1 is 1.15 bits per heavy atom. The second-order valence-corrected chi connectivity index (χ2v) is 4.63. The van der Waals surface area contributed by atoms with Gasteiger partial charge in [0.1, 0.15) is 0 Å². The van der Waals surface area contributed by atoms with Gasteiger partial charge in [0.05, 0.1) is 11.7 Å². The van der Waals surface area contributed by atoms with Crippen molar-refractivity contribution in [1.82, 2.24) is 9.97 Å². The van der Waals surface area contributed by atoms with Crippen molar-refractivity contribution in [2.45, 2.75) is 26.9 Å². The lowest BCUT2D eigenvalue weighted by molar-refractivity contribution is 0.0764. The number of nitrogens with one attached hydrogen (secondary N) is 2. The molecule has 0 aliphatic rings. The Morgan fingerprint density at radius 3 is 2.35 bits per heavy atom. The summed E-state index contributed by atoms with van der Waals surface area (Å²) in [4.78, 5) is 27.9. The first-order valence-electron chi connectivity index (χ1n) is 6.58. The molecule has 106 valence electrons. The number of benzene rings is 1. The van der Waals surface area contributed by atoms with Crippen LogP contribution in [0.5, 0.6) is 0 Å². The van der Waals surface area contributed by atoms with Crippen molar-refractivity contribution in [3.05, 3.63) is 56.4 Å². The fourth-order valence-electron chi connectivity index (χ4n) is 2.21. The van der Waals surface area contributed by atoms with Crippen LogP contribution >= 0.6 is 0 Å². The number of aromatic amines is 2. The first-order chi connectivity index (χ1) is 9.52. The van der Waals surface area contributed by atoms with E-state index in [1.54, 1.807) is 6.92 Å². The topological polar surface area (TPSA) is 75.0 Å². The molecule has 0 bridgehead atoms. The highest BCUT2D eigenvalue weighted by Gasteiger charge is 2.10. The number of rotatable bonds is 4. The number of hydrogen-bond donors (Lipinski definition) is 2. The quantitative estimate of drug-likeness (QED) is 0.897. The molecule has 1 heterocycles. The zero-order valence-electron chi connectivity index (χ0n) is 11.8. The predicted molar refractivity (Wildman–Crippen MR) is 77.9 cm³/mol. The maximum absolute atomic E-state index is 11.9. The molecule has 1 aromatic carbocycles. The largest absolute Gasteiger partial charge is 0.374 e. The lowest BCUT2D eigenvalue weighted by atomic mass is 10.0. The van der Waals surface area contributed by atoms with Crippen molar-refractivity contribution in [3.63, 3.8) is 0 Å². The lowest BCUT2D eigenvalue weighted by Crippen LogP contribution is -2.24. The van der Waals surface area contributed by atoms with E-state index in [2.05, 4.69) is 9.97 Å². The second kappa shape index (κ2) is 5.88. The van der Waals surface area contributed by atoms with Crippen LogP contribution in [0.15, 0.2) is 33.9 Å².